The SMILES string of the molecule is CCNC(=NCc1cc(Cl)c(Cl)n1C)NCCn1c(C)nc2ccccc21.I. The summed E-state index contributed by atoms with van der Waals surface area (Å²) in [6, 6.07) is 10.0. The smallest absolute Gasteiger partial charge is 0.191 e. The fourth-order valence-corrected chi connectivity index (χ4v) is 3.42. The van der Waals surface area contributed by atoms with E-state index < -0.39 is 0 Å². The topological polar surface area (TPSA) is 59.2 Å². The number of rotatable bonds is 6. The van der Waals surface area contributed by atoms with Gasteiger partial charge in [0.15, 0.2) is 5.96 Å². The molecule has 0 aliphatic carbocycles. The summed E-state index contributed by atoms with van der Waals surface area (Å²) in [6.07, 6.45) is 0. The molecule has 2 heterocycles. The molecule has 0 fully saturated rings. The molecule has 28 heavy (non-hydrogen) atoms. The van der Waals surface area contributed by atoms with Crippen molar-refractivity contribution in [2.45, 2.75) is 26.9 Å². The molecule has 0 atom stereocenters. The number of aromatic nitrogens is 3. The number of benzene rings is 1. The van der Waals surface area contributed by atoms with E-state index in [9.17, 15) is 0 Å². The third kappa shape index (κ3) is 5.12. The monoisotopic (exact) mass is 534 g/mol. The number of aryl methyl sites for hydroxylation is 1. The van der Waals surface area contributed by atoms with Crippen molar-refractivity contribution >= 4 is 64.2 Å². The Labute approximate surface area is 192 Å². The second kappa shape index (κ2) is 10.4. The van der Waals surface area contributed by atoms with E-state index in [2.05, 4.69) is 31.2 Å². The number of imidazole rings is 1. The number of aliphatic imine (C=N–C) groups is 1. The molecule has 3 rings (SSSR count). The Kier molecular flexibility index (Phi) is 8.45. The number of nitrogens with one attached hydrogen (secondary N) is 2. The normalized spacial score (nSPS) is 11.5. The number of fused-ring (bicyclic) bond motifs is 1. The minimum atomic E-state index is 0. The summed E-state index contributed by atoms with van der Waals surface area (Å²) in [6.45, 7) is 6.89. The molecule has 6 nitrogen and oxygen atoms in total. The number of nitrogens with zero attached hydrogens (tertiary/aromatic N) is 4. The summed E-state index contributed by atoms with van der Waals surface area (Å²) >= 11 is 12.2. The molecular formula is C19H25Cl2IN6. The van der Waals surface area contributed by atoms with Crippen LogP contribution in [0.4, 0.5) is 0 Å². The number of guanidine groups is 1. The minimum absolute atomic E-state index is 0. The van der Waals surface area contributed by atoms with E-state index >= 15 is 0 Å². The highest BCUT2D eigenvalue weighted by Gasteiger charge is 2.09. The van der Waals surface area contributed by atoms with E-state index in [1.54, 1.807) is 0 Å². The van der Waals surface area contributed by atoms with Gasteiger partial charge in [0.05, 0.1) is 22.6 Å². The molecule has 3 aromatic rings. The van der Waals surface area contributed by atoms with Gasteiger partial charge < -0.3 is 19.8 Å². The third-order valence-electron chi connectivity index (χ3n) is 4.43. The van der Waals surface area contributed by atoms with Gasteiger partial charge in [-0.15, -0.1) is 24.0 Å². The fourth-order valence-electron chi connectivity index (χ4n) is 3.01. The molecule has 0 aliphatic heterocycles. The van der Waals surface area contributed by atoms with Crippen molar-refractivity contribution < 1.29 is 0 Å². The van der Waals surface area contributed by atoms with Crippen LogP contribution in [0.5, 0.6) is 0 Å². The van der Waals surface area contributed by atoms with Gasteiger partial charge >= 0.3 is 0 Å². The molecule has 0 radical (unpaired) electrons. The Bertz CT molecular complexity index is 963. The van der Waals surface area contributed by atoms with Crippen LogP contribution < -0.4 is 10.6 Å². The first-order valence-electron chi connectivity index (χ1n) is 8.95. The lowest BCUT2D eigenvalue weighted by molar-refractivity contribution is 0.659. The average Bonchev–Trinajstić information content (AvgIpc) is 3.10. The molecule has 0 amide bonds. The van der Waals surface area contributed by atoms with Crippen LogP contribution in [-0.2, 0) is 20.1 Å². The molecule has 0 spiro atoms. The van der Waals surface area contributed by atoms with Crippen molar-refractivity contribution in [3.8, 4) is 0 Å². The van der Waals surface area contributed by atoms with Gasteiger partial charge in [0, 0.05) is 32.4 Å². The van der Waals surface area contributed by atoms with E-state index in [0.29, 0.717) is 16.7 Å². The van der Waals surface area contributed by atoms with Gasteiger partial charge in [0.2, 0.25) is 0 Å². The first kappa shape index (κ1) is 22.8. The Morgan fingerprint density at radius 1 is 1.21 bits per heavy atom. The lowest BCUT2D eigenvalue weighted by atomic mass is 10.3. The maximum absolute atomic E-state index is 6.12. The molecule has 1 aromatic carbocycles. The average molecular weight is 535 g/mol. The molecule has 0 unspecified atom stereocenters. The largest absolute Gasteiger partial charge is 0.357 e. The quantitative estimate of drug-likeness (QED) is 0.280. The second-order valence-corrected chi connectivity index (χ2v) is 7.02. The van der Waals surface area contributed by atoms with Gasteiger partial charge in [-0.3, -0.25) is 0 Å². The van der Waals surface area contributed by atoms with Crippen molar-refractivity contribution in [1.82, 2.24) is 24.8 Å². The molecule has 9 heteroatoms. The molecule has 0 bridgehead atoms. The Hall–Kier alpha value is -1.45. The minimum Gasteiger partial charge on any atom is -0.357 e. The van der Waals surface area contributed by atoms with Gasteiger partial charge in [0.1, 0.15) is 11.0 Å². The molecule has 2 N–H and O–H groups in total. The van der Waals surface area contributed by atoms with E-state index in [1.165, 1.54) is 0 Å². The predicted octanol–water partition coefficient (Wildman–Crippen LogP) is 4.36. The number of hydrogen-bond donors (Lipinski definition) is 2. The van der Waals surface area contributed by atoms with E-state index in [0.717, 1.165) is 48.1 Å². The van der Waals surface area contributed by atoms with Crippen LogP contribution in [0, 0.1) is 6.92 Å². The van der Waals surface area contributed by atoms with Gasteiger partial charge in [0.25, 0.3) is 0 Å². The third-order valence-corrected chi connectivity index (χ3v) is 5.27. The lowest BCUT2D eigenvalue weighted by Gasteiger charge is -2.13. The summed E-state index contributed by atoms with van der Waals surface area (Å²) in [5.74, 6) is 1.76. The molecule has 0 aliphatic rings. The molecule has 0 saturated carbocycles. The van der Waals surface area contributed by atoms with Gasteiger partial charge in [-0.05, 0) is 32.0 Å². The van der Waals surface area contributed by atoms with Gasteiger partial charge in [-0.1, -0.05) is 35.3 Å². The Morgan fingerprint density at radius 2 is 1.96 bits per heavy atom. The Balaban J connectivity index is 0.00000280. The predicted molar refractivity (Wildman–Crippen MR) is 128 cm³/mol. The van der Waals surface area contributed by atoms with E-state index in [-0.39, 0.29) is 24.0 Å². The summed E-state index contributed by atoms with van der Waals surface area (Å²) in [5, 5.41) is 7.72. The lowest BCUT2D eigenvalue weighted by Crippen LogP contribution is -2.39. The highest BCUT2D eigenvalue weighted by atomic mass is 127. The number of halogens is 3. The van der Waals surface area contributed by atoms with Crippen molar-refractivity contribution in [2.24, 2.45) is 12.0 Å². The standard InChI is InChI=1S/C19H24Cl2N6.HI/c1-4-22-19(24-12-14-11-15(20)18(21)26(14)3)23-9-10-27-13(2)25-16-7-5-6-8-17(16)27;/h5-8,11H,4,9-10,12H2,1-3H3,(H2,22,23,24);1H. The van der Waals surface area contributed by atoms with Crippen LogP contribution in [0.1, 0.15) is 18.4 Å². The summed E-state index contributed by atoms with van der Waals surface area (Å²) in [5.41, 5.74) is 3.12. The van der Waals surface area contributed by atoms with Crippen LogP contribution in [0.25, 0.3) is 11.0 Å². The van der Waals surface area contributed by atoms with Crippen LogP contribution in [0.2, 0.25) is 10.2 Å². The second-order valence-electron chi connectivity index (χ2n) is 6.25. The highest BCUT2D eigenvalue weighted by molar-refractivity contribution is 14.0. The maximum atomic E-state index is 6.12. The van der Waals surface area contributed by atoms with Crippen molar-refractivity contribution in [2.75, 3.05) is 13.1 Å². The Morgan fingerprint density at radius 3 is 2.64 bits per heavy atom. The molecule has 0 saturated heterocycles. The summed E-state index contributed by atoms with van der Waals surface area (Å²) < 4.78 is 4.06. The molecule has 2 aromatic heterocycles. The molecule has 152 valence electrons. The first-order chi connectivity index (χ1) is 13.0. The zero-order valence-corrected chi connectivity index (χ0v) is 20.0. The maximum Gasteiger partial charge on any atom is 0.191 e. The van der Waals surface area contributed by atoms with Crippen LogP contribution in [-0.4, -0.2) is 33.2 Å². The van der Waals surface area contributed by atoms with Gasteiger partial charge in [-0.25, -0.2) is 9.98 Å². The molecular weight excluding hydrogens is 510 g/mol. The van der Waals surface area contributed by atoms with Crippen molar-refractivity contribution in [3.63, 3.8) is 0 Å². The van der Waals surface area contributed by atoms with E-state index in [1.807, 2.05) is 49.7 Å². The van der Waals surface area contributed by atoms with Crippen molar-refractivity contribution in [3.05, 3.63) is 52.0 Å². The van der Waals surface area contributed by atoms with Crippen molar-refractivity contribution in [1.29, 1.82) is 0 Å². The van der Waals surface area contributed by atoms with Crippen LogP contribution in [0.15, 0.2) is 35.3 Å². The zero-order valence-electron chi connectivity index (χ0n) is 16.2. The van der Waals surface area contributed by atoms with Crippen LogP contribution in [0.3, 0.4) is 0 Å². The first-order valence-corrected chi connectivity index (χ1v) is 9.70. The summed E-state index contributed by atoms with van der Waals surface area (Å²) in [7, 11) is 1.88. The number of hydrogen-bond acceptors (Lipinski definition) is 2. The van der Waals surface area contributed by atoms with Crippen LogP contribution >= 0.6 is 47.2 Å². The highest BCUT2D eigenvalue weighted by Crippen LogP contribution is 2.25. The number of para-hydroxylation sites is 2. The fraction of sp³-hybridized carbons (Fsp3) is 0.368. The summed E-state index contributed by atoms with van der Waals surface area (Å²) in [4.78, 5) is 9.24. The van der Waals surface area contributed by atoms with Gasteiger partial charge in [-0.2, -0.15) is 0 Å². The van der Waals surface area contributed by atoms with E-state index in [4.69, 9.17) is 23.2 Å². The zero-order chi connectivity index (χ0) is 19.4.